The molecule has 1 aromatic carbocycles. The third kappa shape index (κ3) is 5.32. The van der Waals surface area contributed by atoms with Gasteiger partial charge in [-0.25, -0.2) is 4.39 Å². The van der Waals surface area contributed by atoms with Gasteiger partial charge in [-0.3, -0.25) is 4.79 Å². The number of amides is 1. The molecule has 1 aliphatic heterocycles. The number of carbonyl (C=O) groups excluding carboxylic acids is 1. The zero-order valence-electron chi connectivity index (χ0n) is 12.4. The molecule has 1 aromatic rings. The minimum absolute atomic E-state index is 0.137. The van der Waals surface area contributed by atoms with Crippen LogP contribution in [0.1, 0.15) is 25.3 Å². The minimum atomic E-state index is -0.155. The summed E-state index contributed by atoms with van der Waals surface area (Å²) in [6.45, 7) is 3.68. The Hall–Kier alpha value is -1.07. The van der Waals surface area contributed by atoms with Gasteiger partial charge >= 0.3 is 0 Å². The molecule has 1 heterocycles. The molecule has 0 bridgehead atoms. The molecule has 1 fully saturated rings. The van der Waals surface area contributed by atoms with Crippen molar-refractivity contribution < 1.29 is 9.18 Å². The number of piperidine rings is 1. The van der Waals surface area contributed by atoms with E-state index in [1.54, 1.807) is 23.9 Å². The summed E-state index contributed by atoms with van der Waals surface area (Å²) in [7, 11) is 0. The lowest BCUT2D eigenvalue weighted by Crippen LogP contribution is -2.42. The summed E-state index contributed by atoms with van der Waals surface area (Å²) >= 11 is 1.64. The first-order chi connectivity index (χ1) is 10.2. The van der Waals surface area contributed by atoms with Crippen LogP contribution in [-0.2, 0) is 10.5 Å². The van der Waals surface area contributed by atoms with Gasteiger partial charge < -0.3 is 10.6 Å². The summed E-state index contributed by atoms with van der Waals surface area (Å²) in [4.78, 5) is 12.0. The molecule has 1 amide bonds. The van der Waals surface area contributed by atoms with Crippen molar-refractivity contribution in [1.29, 1.82) is 0 Å². The van der Waals surface area contributed by atoms with E-state index in [-0.39, 0.29) is 17.6 Å². The highest BCUT2D eigenvalue weighted by Gasteiger charge is 2.24. The highest BCUT2D eigenvalue weighted by atomic mass is 32.2. The molecule has 2 rings (SSSR count). The third-order valence-electron chi connectivity index (χ3n) is 3.76. The molecule has 5 heteroatoms. The van der Waals surface area contributed by atoms with Crippen molar-refractivity contribution in [2.24, 2.45) is 5.92 Å². The van der Waals surface area contributed by atoms with E-state index >= 15 is 0 Å². The fourth-order valence-corrected chi connectivity index (χ4v) is 3.40. The molecule has 0 unspecified atom stereocenters. The molecular formula is C16H23FN2OS. The maximum absolute atomic E-state index is 13.4. The second-order valence-electron chi connectivity index (χ2n) is 5.51. The summed E-state index contributed by atoms with van der Waals surface area (Å²) in [6, 6.07) is 7.25. The summed E-state index contributed by atoms with van der Waals surface area (Å²) in [5.41, 5.74) is 0.723. The number of nitrogens with one attached hydrogen (secondary N) is 2. The molecule has 1 saturated heterocycles. The zero-order valence-corrected chi connectivity index (χ0v) is 13.2. The van der Waals surface area contributed by atoms with Crippen LogP contribution in [-0.4, -0.2) is 30.8 Å². The van der Waals surface area contributed by atoms with E-state index in [1.165, 1.54) is 6.07 Å². The Morgan fingerprint density at radius 1 is 1.48 bits per heavy atom. The third-order valence-corrected chi connectivity index (χ3v) is 4.76. The maximum Gasteiger partial charge on any atom is 0.223 e. The van der Waals surface area contributed by atoms with Crippen molar-refractivity contribution in [3.8, 4) is 0 Å². The summed E-state index contributed by atoms with van der Waals surface area (Å²) in [6.07, 6.45) is 1.83. The Bertz CT molecular complexity index is 469. The first-order valence-corrected chi connectivity index (χ1v) is 8.64. The van der Waals surface area contributed by atoms with Crippen molar-refractivity contribution in [3.63, 3.8) is 0 Å². The second kappa shape index (κ2) is 8.39. The average Bonchev–Trinajstić information content (AvgIpc) is 2.48. The second-order valence-corrected chi connectivity index (χ2v) is 6.62. The van der Waals surface area contributed by atoms with E-state index in [4.69, 9.17) is 0 Å². The first kappa shape index (κ1) is 16.3. The molecule has 1 aliphatic rings. The van der Waals surface area contributed by atoms with Crippen molar-refractivity contribution in [2.45, 2.75) is 31.6 Å². The lowest BCUT2D eigenvalue weighted by molar-refractivity contribution is -0.125. The van der Waals surface area contributed by atoms with Crippen LogP contribution in [0.3, 0.4) is 0 Å². The van der Waals surface area contributed by atoms with Crippen LogP contribution in [0, 0.1) is 11.7 Å². The standard InChI is InChI=1S/C16H23FN2OS/c1-12-10-13(6-7-18-12)16(20)19-8-9-21-11-14-4-2-3-5-15(14)17/h2-5,12-13,18H,6-11H2,1H3,(H,19,20)/t12-,13-/m0/s1. The summed E-state index contributed by atoms with van der Waals surface area (Å²) in [5, 5.41) is 6.34. The Kier molecular flexibility index (Phi) is 6.51. The van der Waals surface area contributed by atoms with E-state index < -0.39 is 0 Å². The van der Waals surface area contributed by atoms with Crippen LogP contribution in [0.4, 0.5) is 4.39 Å². The molecule has 0 saturated carbocycles. The highest BCUT2D eigenvalue weighted by molar-refractivity contribution is 7.98. The van der Waals surface area contributed by atoms with Crippen LogP contribution in [0.25, 0.3) is 0 Å². The topological polar surface area (TPSA) is 41.1 Å². The van der Waals surface area contributed by atoms with Gasteiger partial charge in [0, 0.05) is 30.0 Å². The fourth-order valence-electron chi connectivity index (χ4n) is 2.56. The smallest absolute Gasteiger partial charge is 0.223 e. The van der Waals surface area contributed by atoms with Crippen molar-refractivity contribution in [1.82, 2.24) is 10.6 Å². The lowest BCUT2D eigenvalue weighted by atomic mass is 9.92. The average molecular weight is 310 g/mol. The van der Waals surface area contributed by atoms with Crippen molar-refractivity contribution >= 4 is 17.7 Å². The Morgan fingerprint density at radius 2 is 2.29 bits per heavy atom. The van der Waals surface area contributed by atoms with E-state index in [0.29, 0.717) is 18.3 Å². The molecule has 3 nitrogen and oxygen atoms in total. The van der Waals surface area contributed by atoms with Gasteiger partial charge in [-0.1, -0.05) is 18.2 Å². The lowest BCUT2D eigenvalue weighted by Gasteiger charge is -2.27. The summed E-state index contributed by atoms with van der Waals surface area (Å²) < 4.78 is 13.4. The predicted octanol–water partition coefficient (Wildman–Crippen LogP) is 2.56. The number of thioether (sulfide) groups is 1. The number of hydrogen-bond donors (Lipinski definition) is 2. The SMILES string of the molecule is C[C@H]1C[C@@H](C(=O)NCCSCc2ccccc2F)CCN1. The predicted molar refractivity (Wildman–Crippen MR) is 85.8 cm³/mol. The van der Waals surface area contributed by atoms with E-state index in [2.05, 4.69) is 17.6 Å². The Balaban J connectivity index is 1.61. The molecule has 0 radical (unpaired) electrons. The van der Waals surface area contributed by atoms with Crippen LogP contribution >= 0.6 is 11.8 Å². The van der Waals surface area contributed by atoms with E-state index in [0.717, 1.165) is 30.7 Å². The van der Waals surface area contributed by atoms with Crippen LogP contribution in [0.5, 0.6) is 0 Å². The summed E-state index contributed by atoms with van der Waals surface area (Å²) in [5.74, 6) is 1.60. The van der Waals surface area contributed by atoms with Gasteiger partial charge in [0.05, 0.1) is 0 Å². The van der Waals surface area contributed by atoms with Crippen LogP contribution in [0.2, 0.25) is 0 Å². The first-order valence-electron chi connectivity index (χ1n) is 7.49. The highest BCUT2D eigenvalue weighted by Crippen LogP contribution is 2.17. The quantitative estimate of drug-likeness (QED) is 0.794. The van der Waals surface area contributed by atoms with Gasteiger partial charge in [0.2, 0.25) is 5.91 Å². The number of benzene rings is 1. The molecule has 116 valence electrons. The van der Waals surface area contributed by atoms with Crippen molar-refractivity contribution in [2.75, 3.05) is 18.8 Å². The molecule has 2 atom stereocenters. The Labute approximate surface area is 130 Å². The van der Waals surface area contributed by atoms with Gasteiger partial charge in [0.1, 0.15) is 5.82 Å². The van der Waals surface area contributed by atoms with Gasteiger partial charge in [-0.15, -0.1) is 0 Å². The molecule has 0 spiro atoms. The van der Waals surface area contributed by atoms with Crippen LogP contribution < -0.4 is 10.6 Å². The largest absolute Gasteiger partial charge is 0.355 e. The zero-order chi connectivity index (χ0) is 15.1. The molecular weight excluding hydrogens is 287 g/mol. The molecule has 0 aromatic heterocycles. The molecule has 2 N–H and O–H groups in total. The molecule has 0 aliphatic carbocycles. The van der Waals surface area contributed by atoms with Gasteiger partial charge in [0.15, 0.2) is 0 Å². The number of halogens is 1. The van der Waals surface area contributed by atoms with Crippen molar-refractivity contribution in [3.05, 3.63) is 35.6 Å². The van der Waals surface area contributed by atoms with Gasteiger partial charge in [-0.2, -0.15) is 11.8 Å². The molecule has 21 heavy (non-hydrogen) atoms. The maximum atomic E-state index is 13.4. The Morgan fingerprint density at radius 3 is 3.05 bits per heavy atom. The number of hydrogen-bond acceptors (Lipinski definition) is 3. The van der Waals surface area contributed by atoms with Gasteiger partial charge in [-0.05, 0) is 37.9 Å². The van der Waals surface area contributed by atoms with E-state index in [1.807, 2.05) is 6.07 Å². The number of carbonyl (C=O) groups is 1. The fraction of sp³-hybridized carbons (Fsp3) is 0.562. The normalized spacial score (nSPS) is 22.0. The van der Waals surface area contributed by atoms with Gasteiger partial charge in [0.25, 0.3) is 0 Å². The monoisotopic (exact) mass is 310 g/mol. The number of rotatable bonds is 6. The van der Waals surface area contributed by atoms with E-state index in [9.17, 15) is 9.18 Å². The van der Waals surface area contributed by atoms with Crippen LogP contribution in [0.15, 0.2) is 24.3 Å². The minimum Gasteiger partial charge on any atom is -0.355 e.